The smallest absolute Gasteiger partial charge is 0.213 e. The molecule has 18 heavy (non-hydrogen) atoms. The summed E-state index contributed by atoms with van der Waals surface area (Å²) in [7, 11) is 1.68. The first-order valence-corrected chi connectivity index (χ1v) is 5.92. The van der Waals surface area contributed by atoms with Crippen LogP contribution in [0.5, 0.6) is 5.75 Å². The van der Waals surface area contributed by atoms with E-state index in [0.717, 1.165) is 37.6 Å². The third kappa shape index (κ3) is 2.58. The predicted molar refractivity (Wildman–Crippen MR) is 72.6 cm³/mol. The Bertz CT molecular complexity index is 426. The van der Waals surface area contributed by atoms with Crippen molar-refractivity contribution in [3.8, 4) is 5.75 Å². The molecule has 0 radical (unpaired) electrons. The van der Waals surface area contributed by atoms with Gasteiger partial charge in [0.25, 0.3) is 0 Å². The van der Waals surface area contributed by atoms with Gasteiger partial charge in [-0.15, -0.1) is 5.10 Å². The van der Waals surface area contributed by atoms with Gasteiger partial charge in [0, 0.05) is 37.9 Å². The molecule has 0 spiro atoms. The number of methoxy groups -OCH3 is 1. The van der Waals surface area contributed by atoms with Crippen molar-refractivity contribution < 1.29 is 4.74 Å². The van der Waals surface area contributed by atoms with E-state index < -0.39 is 0 Å². The molecule has 1 heterocycles. The molecular formula is C12H19N5O. The second kappa shape index (κ2) is 5.48. The Hall–Kier alpha value is -2.11. The number of nitrogens with two attached hydrogens (primary N) is 2. The van der Waals surface area contributed by atoms with Crippen LogP contribution >= 0.6 is 0 Å². The highest BCUT2D eigenvalue weighted by molar-refractivity contribution is 5.78. The van der Waals surface area contributed by atoms with Gasteiger partial charge in [0.05, 0.1) is 7.11 Å². The summed E-state index contributed by atoms with van der Waals surface area (Å²) in [5, 5.41) is 3.52. The number of piperazine rings is 1. The zero-order valence-electron chi connectivity index (χ0n) is 10.5. The standard InChI is InChI=1S/C12H19N5O/c1-18-11-4-2-3-10(9-11)16-5-7-17(8-6-16)12(13)15-14/h2-4,9H,5-8,14H2,1H3,(H2,13,15). The molecule has 6 nitrogen and oxygen atoms in total. The Kier molecular flexibility index (Phi) is 3.76. The molecule has 1 aliphatic rings. The Morgan fingerprint density at radius 3 is 2.61 bits per heavy atom. The Morgan fingerprint density at radius 2 is 2.00 bits per heavy atom. The van der Waals surface area contributed by atoms with Crippen molar-refractivity contribution in [3.63, 3.8) is 0 Å². The van der Waals surface area contributed by atoms with Gasteiger partial charge in [0.15, 0.2) is 0 Å². The number of guanidine groups is 1. The summed E-state index contributed by atoms with van der Waals surface area (Å²) >= 11 is 0. The minimum Gasteiger partial charge on any atom is -0.497 e. The van der Waals surface area contributed by atoms with E-state index in [-0.39, 0.29) is 0 Å². The molecule has 4 N–H and O–H groups in total. The Morgan fingerprint density at radius 1 is 1.28 bits per heavy atom. The number of hydrogen-bond donors (Lipinski definition) is 2. The van der Waals surface area contributed by atoms with Crippen molar-refractivity contribution in [2.75, 3.05) is 38.2 Å². The van der Waals surface area contributed by atoms with E-state index in [1.807, 2.05) is 23.1 Å². The lowest BCUT2D eigenvalue weighted by Crippen LogP contribution is -2.51. The van der Waals surface area contributed by atoms with E-state index in [0.29, 0.717) is 5.96 Å². The predicted octanol–water partition coefficient (Wildman–Crippen LogP) is 0.00560. The van der Waals surface area contributed by atoms with Crippen molar-refractivity contribution in [1.82, 2.24) is 4.90 Å². The molecule has 0 aromatic heterocycles. The van der Waals surface area contributed by atoms with Crippen LogP contribution in [0.1, 0.15) is 0 Å². The number of hydrazone groups is 1. The fourth-order valence-corrected chi connectivity index (χ4v) is 2.08. The summed E-state index contributed by atoms with van der Waals surface area (Å²) in [6.07, 6.45) is 0. The average molecular weight is 249 g/mol. The van der Waals surface area contributed by atoms with Gasteiger partial charge in [-0.1, -0.05) is 6.07 Å². The molecule has 6 heteroatoms. The molecule has 98 valence electrons. The molecule has 1 aromatic rings. The van der Waals surface area contributed by atoms with Gasteiger partial charge in [0.2, 0.25) is 5.96 Å². The lowest BCUT2D eigenvalue weighted by atomic mass is 10.2. The highest BCUT2D eigenvalue weighted by atomic mass is 16.5. The second-order valence-corrected chi connectivity index (χ2v) is 4.16. The van der Waals surface area contributed by atoms with Gasteiger partial charge in [-0.05, 0) is 12.1 Å². The molecular weight excluding hydrogens is 230 g/mol. The zero-order chi connectivity index (χ0) is 13.0. The van der Waals surface area contributed by atoms with Crippen LogP contribution in [0.3, 0.4) is 0 Å². The Labute approximate surface area is 107 Å². The third-order valence-corrected chi connectivity index (χ3v) is 3.15. The van der Waals surface area contributed by atoms with E-state index in [4.69, 9.17) is 16.3 Å². The molecule has 0 aliphatic carbocycles. The number of rotatable bonds is 2. The first kappa shape index (κ1) is 12.3. The van der Waals surface area contributed by atoms with Crippen LogP contribution < -0.4 is 21.2 Å². The number of nitrogens with zero attached hydrogens (tertiary/aromatic N) is 3. The van der Waals surface area contributed by atoms with Gasteiger partial charge in [-0.2, -0.15) is 0 Å². The molecule has 0 amide bonds. The average Bonchev–Trinajstić information content (AvgIpc) is 2.46. The maximum atomic E-state index is 5.69. The van der Waals surface area contributed by atoms with Gasteiger partial charge in [-0.25, -0.2) is 0 Å². The number of anilines is 1. The topological polar surface area (TPSA) is 80.1 Å². The third-order valence-electron chi connectivity index (χ3n) is 3.15. The fraction of sp³-hybridized carbons (Fsp3) is 0.417. The van der Waals surface area contributed by atoms with Gasteiger partial charge < -0.3 is 26.1 Å². The summed E-state index contributed by atoms with van der Waals surface area (Å²) in [6.45, 7) is 3.43. The fourth-order valence-electron chi connectivity index (χ4n) is 2.08. The molecule has 0 bridgehead atoms. The van der Waals surface area contributed by atoms with Gasteiger partial charge in [-0.3, -0.25) is 0 Å². The summed E-state index contributed by atoms with van der Waals surface area (Å²) in [5.41, 5.74) is 6.85. The molecule has 1 aromatic carbocycles. The van der Waals surface area contributed by atoms with Crippen LogP contribution in [-0.2, 0) is 0 Å². The largest absolute Gasteiger partial charge is 0.497 e. The summed E-state index contributed by atoms with van der Waals surface area (Å²) in [5.74, 6) is 6.45. The lowest BCUT2D eigenvalue weighted by Gasteiger charge is -2.36. The van der Waals surface area contributed by atoms with Crippen molar-refractivity contribution in [2.45, 2.75) is 0 Å². The summed E-state index contributed by atoms with van der Waals surface area (Å²) < 4.78 is 5.23. The monoisotopic (exact) mass is 249 g/mol. The van der Waals surface area contributed by atoms with E-state index in [1.54, 1.807) is 7.11 Å². The molecule has 0 unspecified atom stereocenters. The van der Waals surface area contributed by atoms with Crippen LogP contribution in [0.15, 0.2) is 29.4 Å². The molecule has 1 saturated heterocycles. The molecule has 1 aliphatic heterocycles. The highest BCUT2D eigenvalue weighted by Crippen LogP contribution is 2.21. The van der Waals surface area contributed by atoms with Crippen LogP contribution in [0.4, 0.5) is 5.69 Å². The highest BCUT2D eigenvalue weighted by Gasteiger charge is 2.18. The van der Waals surface area contributed by atoms with E-state index in [2.05, 4.69) is 16.1 Å². The van der Waals surface area contributed by atoms with Crippen LogP contribution in [-0.4, -0.2) is 44.1 Å². The number of benzene rings is 1. The summed E-state index contributed by atoms with van der Waals surface area (Å²) in [4.78, 5) is 4.28. The van der Waals surface area contributed by atoms with Crippen molar-refractivity contribution in [1.29, 1.82) is 0 Å². The van der Waals surface area contributed by atoms with Crippen molar-refractivity contribution >= 4 is 11.6 Å². The van der Waals surface area contributed by atoms with Crippen molar-refractivity contribution in [3.05, 3.63) is 24.3 Å². The van der Waals surface area contributed by atoms with E-state index >= 15 is 0 Å². The minimum absolute atomic E-state index is 0.403. The van der Waals surface area contributed by atoms with Gasteiger partial charge in [0.1, 0.15) is 5.75 Å². The minimum atomic E-state index is 0.403. The van der Waals surface area contributed by atoms with Gasteiger partial charge >= 0.3 is 0 Å². The SMILES string of the molecule is COc1cccc(N2CCN(C(N)=NN)CC2)c1. The van der Waals surface area contributed by atoms with E-state index in [9.17, 15) is 0 Å². The zero-order valence-corrected chi connectivity index (χ0v) is 10.5. The molecule has 0 saturated carbocycles. The Balaban J connectivity index is 2.00. The maximum absolute atomic E-state index is 5.69. The van der Waals surface area contributed by atoms with Crippen molar-refractivity contribution in [2.24, 2.45) is 16.7 Å². The van der Waals surface area contributed by atoms with Crippen LogP contribution in [0.25, 0.3) is 0 Å². The lowest BCUT2D eigenvalue weighted by molar-refractivity contribution is 0.380. The first-order chi connectivity index (χ1) is 8.74. The second-order valence-electron chi connectivity index (χ2n) is 4.16. The maximum Gasteiger partial charge on any atom is 0.213 e. The number of hydrogen-bond acceptors (Lipinski definition) is 4. The molecule has 0 atom stereocenters. The van der Waals surface area contributed by atoms with E-state index in [1.165, 1.54) is 0 Å². The normalized spacial score (nSPS) is 16.8. The number of ether oxygens (including phenoxy) is 1. The first-order valence-electron chi connectivity index (χ1n) is 5.92. The molecule has 2 rings (SSSR count). The summed E-state index contributed by atoms with van der Waals surface area (Å²) in [6, 6.07) is 8.06. The van der Waals surface area contributed by atoms with Crippen LogP contribution in [0.2, 0.25) is 0 Å². The molecule has 1 fully saturated rings. The quantitative estimate of drug-likeness (QED) is 0.334. The van der Waals surface area contributed by atoms with Crippen LogP contribution in [0, 0.1) is 0 Å².